The third-order valence-corrected chi connectivity index (χ3v) is 8.45. The van der Waals surface area contributed by atoms with Crippen LogP contribution in [0.3, 0.4) is 0 Å². The largest absolute Gasteiger partial charge is 0.243 e. The number of aryl methyl sites for hydroxylation is 2. The van der Waals surface area contributed by atoms with Gasteiger partial charge in [-0.3, -0.25) is 0 Å². The molecule has 1 aliphatic heterocycles. The summed E-state index contributed by atoms with van der Waals surface area (Å²) >= 11 is 0. The SMILES string of the molecule is CCN([C@@]1(C)CCS(=O)(=O)C1)S(=O)(=O)c1ccc(C)cc1C. The van der Waals surface area contributed by atoms with Crippen LogP contribution in [0.4, 0.5) is 0 Å². The van der Waals surface area contributed by atoms with Gasteiger partial charge in [-0.1, -0.05) is 24.6 Å². The Labute approximate surface area is 133 Å². The lowest BCUT2D eigenvalue weighted by molar-refractivity contribution is 0.243. The predicted octanol–water partition coefficient (Wildman–Crippen LogP) is 1.89. The van der Waals surface area contributed by atoms with Crippen LogP contribution >= 0.6 is 0 Å². The minimum Gasteiger partial charge on any atom is -0.229 e. The molecule has 0 bridgehead atoms. The molecule has 1 aromatic rings. The molecule has 2 rings (SSSR count). The van der Waals surface area contributed by atoms with Gasteiger partial charge in [0.15, 0.2) is 9.84 Å². The fourth-order valence-corrected chi connectivity index (χ4v) is 7.48. The lowest BCUT2D eigenvalue weighted by atomic mass is 10.0. The van der Waals surface area contributed by atoms with Crippen LogP contribution in [0, 0.1) is 13.8 Å². The van der Waals surface area contributed by atoms with Gasteiger partial charge in [0.2, 0.25) is 10.0 Å². The Morgan fingerprint density at radius 3 is 2.36 bits per heavy atom. The van der Waals surface area contributed by atoms with Crippen molar-refractivity contribution < 1.29 is 16.8 Å². The summed E-state index contributed by atoms with van der Waals surface area (Å²) in [6.07, 6.45) is 0.341. The number of hydrogen-bond donors (Lipinski definition) is 0. The molecule has 0 N–H and O–H groups in total. The summed E-state index contributed by atoms with van der Waals surface area (Å²) in [7, 11) is -6.90. The Balaban J connectivity index is 2.50. The predicted molar refractivity (Wildman–Crippen MR) is 87.2 cm³/mol. The minimum absolute atomic E-state index is 0.0440. The highest BCUT2D eigenvalue weighted by Gasteiger charge is 2.47. The Hall–Kier alpha value is -0.920. The molecular weight excluding hydrogens is 322 g/mol. The average molecular weight is 345 g/mol. The third-order valence-electron chi connectivity index (χ3n) is 4.27. The first-order chi connectivity index (χ1) is 10.0. The Morgan fingerprint density at radius 2 is 1.91 bits per heavy atom. The molecule has 0 aromatic heterocycles. The molecule has 22 heavy (non-hydrogen) atoms. The lowest BCUT2D eigenvalue weighted by Crippen LogP contribution is -2.50. The Kier molecular flexibility index (Phi) is 4.45. The summed E-state index contributed by atoms with van der Waals surface area (Å²) in [5.41, 5.74) is 0.807. The van der Waals surface area contributed by atoms with Crippen molar-refractivity contribution in [1.29, 1.82) is 0 Å². The molecule has 1 aromatic carbocycles. The van der Waals surface area contributed by atoms with Crippen LogP contribution in [0.15, 0.2) is 23.1 Å². The summed E-state index contributed by atoms with van der Waals surface area (Å²) in [5.74, 6) is -0.0691. The maximum absolute atomic E-state index is 13.0. The third kappa shape index (κ3) is 3.07. The van der Waals surface area contributed by atoms with Crippen molar-refractivity contribution in [2.75, 3.05) is 18.1 Å². The first-order valence-corrected chi connectivity index (χ1v) is 10.6. The van der Waals surface area contributed by atoms with Crippen molar-refractivity contribution in [2.24, 2.45) is 0 Å². The maximum atomic E-state index is 13.0. The average Bonchev–Trinajstić information content (AvgIpc) is 2.63. The van der Waals surface area contributed by atoms with Gasteiger partial charge in [0, 0.05) is 12.1 Å². The molecule has 5 nitrogen and oxygen atoms in total. The maximum Gasteiger partial charge on any atom is 0.243 e. The Bertz CT molecular complexity index is 784. The highest BCUT2D eigenvalue weighted by atomic mass is 32.2. The molecule has 0 radical (unpaired) electrons. The zero-order chi connectivity index (χ0) is 16.8. The fourth-order valence-electron chi connectivity index (χ4n) is 3.24. The molecule has 0 aliphatic carbocycles. The highest BCUT2D eigenvalue weighted by Crippen LogP contribution is 2.34. The molecule has 124 valence electrons. The summed E-state index contributed by atoms with van der Waals surface area (Å²) in [6, 6.07) is 5.20. The molecule has 0 spiro atoms. The van der Waals surface area contributed by atoms with Crippen molar-refractivity contribution in [3.05, 3.63) is 29.3 Å². The van der Waals surface area contributed by atoms with Crippen LogP contribution in [0.25, 0.3) is 0 Å². The summed E-state index contributed by atoms with van der Waals surface area (Å²) in [6.45, 7) is 7.40. The fraction of sp³-hybridized carbons (Fsp3) is 0.600. The van der Waals surface area contributed by atoms with Crippen molar-refractivity contribution in [2.45, 2.75) is 44.6 Å². The molecule has 0 amide bonds. The van der Waals surface area contributed by atoms with Crippen LogP contribution in [0.1, 0.15) is 31.4 Å². The van der Waals surface area contributed by atoms with Gasteiger partial charge in [-0.15, -0.1) is 0 Å². The van der Waals surface area contributed by atoms with Crippen molar-refractivity contribution >= 4 is 19.9 Å². The second-order valence-electron chi connectivity index (χ2n) is 6.28. The van der Waals surface area contributed by atoms with E-state index in [1.165, 1.54) is 4.31 Å². The van der Waals surface area contributed by atoms with E-state index in [4.69, 9.17) is 0 Å². The lowest BCUT2D eigenvalue weighted by Gasteiger charge is -2.36. The number of rotatable bonds is 4. The number of hydrogen-bond acceptors (Lipinski definition) is 4. The summed E-state index contributed by atoms with van der Waals surface area (Å²) in [5, 5.41) is 0. The molecule has 1 aliphatic rings. The zero-order valence-electron chi connectivity index (χ0n) is 13.5. The quantitative estimate of drug-likeness (QED) is 0.835. The van der Waals surface area contributed by atoms with E-state index in [-0.39, 0.29) is 22.9 Å². The Morgan fingerprint density at radius 1 is 1.27 bits per heavy atom. The van der Waals surface area contributed by atoms with Crippen LogP contribution < -0.4 is 0 Å². The number of benzene rings is 1. The summed E-state index contributed by atoms with van der Waals surface area (Å²) < 4.78 is 51.0. The van der Waals surface area contributed by atoms with E-state index in [1.54, 1.807) is 32.9 Å². The van der Waals surface area contributed by atoms with E-state index in [0.717, 1.165) is 5.56 Å². The molecule has 1 heterocycles. The second-order valence-corrected chi connectivity index (χ2v) is 10.3. The zero-order valence-corrected chi connectivity index (χ0v) is 15.1. The molecule has 7 heteroatoms. The highest BCUT2D eigenvalue weighted by molar-refractivity contribution is 7.92. The van der Waals surface area contributed by atoms with Gasteiger partial charge in [-0.05, 0) is 38.8 Å². The van der Waals surface area contributed by atoms with Crippen molar-refractivity contribution in [1.82, 2.24) is 4.31 Å². The first-order valence-electron chi connectivity index (χ1n) is 7.32. The van der Waals surface area contributed by atoms with Gasteiger partial charge in [0.05, 0.1) is 16.4 Å². The summed E-state index contributed by atoms with van der Waals surface area (Å²) in [4.78, 5) is 0.255. The monoisotopic (exact) mass is 345 g/mol. The van der Waals surface area contributed by atoms with E-state index in [1.807, 2.05) is 13.0 Å². The smallest absolute Gasteiger partial charge is 0.229 e. The van der Waals surface area contributed by atoms with Crippen LogP contribution in [0.2, 0.25) is 0 Å². The molecule has 1 saturated heterocycles. The second kappa shape index (κ2) is 5.62. The molecule has 0 unspecified atom stereocenters. The van der Waals surface area contributed by atoms with E-state index < -0.39 is 25.4 Å². The number of sulfone groups is 1. The van der Waals surface area contributed by atoms with Crippen molar-refractivity contribution in [3.8, 4) is 0 Å². The molecular formula is C15H23NO4S2. The van der Waals surface area contributed by atoms with Crippen LogP contribution in [0.5, 0.6) is 0 Å². The van der Waals surface area contributed by atoms with Gasteiger partial charge in [0.25, 0.3) is 0 Å². The number of sulfonamides is 1. The minimum atomic E-state index is -3.72. The standard InChI is InChI=1S/C15H23NO4S2/c1-5-16(15(4)8-9-21(17,18)11-15)22(19,20)14-7-6-12(2)10-13(14)3/h6-7,10H,5,8-9,11H2,1-4H3/t15-/m0/s1. The first kappa shape index (κ1) is 17.4. The normalized spacial score (nSPS) is 24.8. The molecule has 1 fully saturated rings. The van der Waals surface area contributed by atoms with E-state index in [0.29, 0.717) is 12.0 Å². The molecule has 1 atom stereocenters. The molecule has 0 saturated carbocycles. The van der Waals surface area contributed by atoms with Gasteiger partial charge in [-0.25, -0.2) is 16.8 Å². The van der Waals surface area contributed by atoms with E-state index >= 15 is 0 Å². The van der Waals surface area contributed by atoms with Crippen LogP contribution in [-0.4, -0.2) is 44.7 Å². The van der Waals surface area contributed by atoms with Gasteiger partial charge in [0.1, 0.15) is 0 Å². The topological polar surface area (TPSA) is 71.5 Å². The van der Waals surface area contributed by atoms with E-state index in [2.05, 4.69) is 0 Å². The van der Waals surface area contributed by atoms with Gasteiger partial charge in [-0.2, -0.15) is 4.31 Å². The van der Waals surface area contributed by atoms with Crippen LogP contribution in [-0.2, 0) is 19.9 Å². The van der Waals surface area contributed by atoms with Crippen molar-refractivity contribution in [3.63, 3.8) is 0 Å². The van der Waals surface area contributed by atoms with Gasteiger partial charge >= 0.3 is 0 Å². The van der Waals surface area contributed by atoms with E-state index in [9.17, 15) is 16.8 Å². The number of nitrogens with zero attached hydrogens (tertiary/aromatic N) is 1. The van der Waals surface area contributed by atoms with Gasteiger partial charge < -0.3 is 0 Å².